The van der Waals surface area contributed by atoms with Crippen molar-refractivity contribution < 1.29 is 170 Å². The first-order valence-electron chi connectivity index (χ1n) is 8.64. The topological polar surface area (TPSA) is 229 Å². The summed E-state index contributed by atoms with van der Waals surface area (Å²) in [5.41, 5.74) is 0. The van der Waals surface area contributed by atoms with Crippen LogP contribution in [0.5, 0.6) is 0 Å². The minimum Gasteiger partial charge on any atom is -0.748 e. The third-order valence-corrected chi connectivity index (χ3v) is 11.0. The van der Waals surface area contributed by atoms with E-state index in [4.69, 9.17) is 0 Å². The molecule has 0 aromatic rings. The van der Waals surface area contributed by atoms with Crippen molar-refractivity contribution in [3.63, 3.8) is 0 Å². The fraction of sp³-hybridized carbons (Fsp3) is 1.00. The standard InChI is InChI=1S/2C6H14O6S4.4Na/c2*7-15(8,9)5-1-3-13-14-4-2-6-16(10,11)12;;;;/h2*1-6H2,(H,7,8,9)(H,10,11,12);;;;/q;;4*+1/p-4. The molecule has 0 bridgehead atoms. The molecule has 0 aromatic heterocycles. The Morgan fingerprint density at radius 3 is 0.611 bits per heavy atom. The Bertz CT molecular complexity index is 762. The van der Waals surface area contributed by atoms with E-state index < -0.39 is 40.5 Å². The van der Waals surface area contributed by atoms with Crippen LogP contribution in [0.2, 0.25) is 0 Å². The summed E-state index contributed by atoms with van der Waals surface area (Å²) in [6.07, 6.45) is 1.12. The van der Waals surface area contributed by atoms with Crippen molar-refractivity contribution >= 4 is 83.6 Å². The molecule has 0 radical (unpaired) electrons. The molecule has 0 saturated carbocycles. The number of hydrogen-bond acceptors (Lipinski definition) is 16. The first kappa shape index (κ1) is 53.6. The van der Waals surface area contributed by atoms with Crippen LogP contribution in [-0.2, 0) is 40.5 Å². The summed E-state index contributed by atoms with van der Waals surface area (Å²) in [6, 6.07) is 0. The third-order valence-electron chi connectivity index (χ3n) is 2.65. The Labute approximate surface area is 319 Å². The molecule has 0 atom stereocenters. The van der Waals surface area contributed by atoms with Crippen LogP contribution in [0.3, 0.4) is 0 Å². The van der Waals surface area contributed by atoms with Crippen LogP contribution in [0.15, 0.2) is 0 Å². The molecule has 0 amide bonds. The molecule has 0 spiro atoms. The molecular formula is C12H24Na4O12S8. The zero-order valence-electron chi connectivity index (χ0n) is 20.7. The molecule has 24 heteroatoms. The summed E-state index contributed by atoms with van der Waals surface area (Å²) in [5.74, 6) is 0.523. The number of hydrogen-bond donors (Lipinski definition) is 0. The van der Waals surface area contributed by atoms with Crippen LogP contribution in [0.25, 0.3) is 0 Å². The second-order valence-electron chi connectivity index (χ2n) is 5.75. The minimum absolute atomic E-state index is 0. The van der Waals surface area contributed by atoms with E-state index in [1.54, 1.807) is 0 Å². The Morgan fingerprint density at radius 2 is 0.500 bits per heavy atom. The predicted molar refractivity (Wildman–Crippen MR) is 127 cm³/mol. The molecule has 0 rings (SSSR count). The van der Waals surface area contributed by atoms with Gasteiger partial charge in [0.25, 0.3) is 0 Å². The van der Waals surface area contributed by atoms with Gasteiger partial charge in [-0.05, 0) is 25.7 Å². The fourth-order valence-electron chi connectivity index (χ4n) is 1.41. The zero-order chi connectivity index (χ0) is 25.3. The molecule has 36 heavy (non-hydrogen) atoms. The van der Waals surface area contributed by atoms with Crippen molar-refractivity contribution in [2.45, 2.75) is 25.7 Å². The number of rotatable bonds is 18. The van der Waals surface area contributed by atoms with E-state index in [-0.39, 0.29) is 167 Å². The third kappa shape index (κ3) is 58.6. The van der Waals surface area contributed by atoms with Crippen molar-refractivity contribution in [2.24, 2.45) is 0 Å². The molecule has 0 aliphatic carbocycles. The maximum atomic E-state index is 10.2. The largest absolute Gasteiger partial charge is 1.00 e. The Kier molecular flexibility index (Phi) is 44.8. The molecule has 0 aliphatic heterocycles. The van der Waals surface area contributed by atoms with Crippen molar-refractivity contribution in [3.8, 4) is 0 Å². The van der Waals surface area contributed by atoms with Crippen molar-refractivity contribution in [1.82, 2.24) is 0 Å². The molecule has 0 aromatic carbocycles. The Morgan fingerprint density at radius 1 is 0.361 bits per heavy atom. The predicted octanol–water partition coefficient (Wildman–Crippen LogP) is -11.5. The van der Waals surface area contributed by atoms with Gasteiger partial charge in [-0.15, -0.1) is 0 Å². The maximum absolute atomic E-state index is 10.2. The molecule has 0 fully saturated rings. The van der Waals surface area contributed by atoms with Gasteiger partial charge in [0.05, 0.1) is 40.5 Å². The first-order valence-corrected chi connectivity index (χ1v) is 19.9. The fourth-order valence-corrected chi connectivity index (χ4v) is 8.49. The average molecular weight is 709 g/mol. The summed E-state index contributed by atoms with van der Waals surface area (Å²) in [6.45, 7) is 0. The van der Waals surface area contributed by atoms with Gasteiger partial charge >= 0.3 is 118 Å². The van der Waals surface area contributed by atoms with E-state index in [0.29, 0.717) is 23.0 Å². The van der Waals surface area contributed by atoms with E-state index >= 15 is 0 Å². The minimum atomic E-state index is -4.13. The molecule has 0 saturated heterocycles. The van der Waals surface area contributed by atoms with Gasteiger partial charge in [-0.25, -0.2) is 33.7 Å². The van der Waals surface area contributed by atoms with Crippen molar-refractivity contribution in [2.75, 3.05) is 46.0 Å². The summed E-state index contributed by atoms with van der Waals surface area (Å²) in [5, 5.41) is 0. The van der Waals surface area contributed by atoms with Gasteiger partial charge in [-0.3, -0.25) is 0 Å². The molecule has 0 unspecified atom stereocenters. The average Bonchev–Trinajstić information content (AvgIpc) is 2.56. The molecule has 12 nitrogen and oxygen atoms in total. The normalized spacial score (nSPS) is 11.4. The van der Waals surface area contributed by atoms with Gasteiger partial charge in [0.15, 0.2) is 0 Å². The smallest absolute Gasteiger partial charge is 0.748 e. The Hall–Kier alpha value is 5.04. The van der Waals surface area contributed by atoms with Gasteiger partial charge in [-0.1, -0.05) is 43.2 Å². The summed E-state index contributed by atoms with van der Waals surface area (Å²) in [7, 11) is -11.1. The van der Waals surface area contributed by atoms with Gasteiger partial charge in [-0.2, -0.15) is 0 Å². The van der Waals surface area contributed by atoms with Gasteiger partial charge in [0, 0.05) is 46.0 Å². The van der Waals surface area contributed by atoms with Gasteiger partial charge in [0.2, 0.25) is 0 Å². The van der Waals surface area contributed by atoms with E-state index in [1.165, 1.54) is 43.2 Å². The van der Waals surface area contributed by atoms with Crippen LogP contribution in [0.4, 0.5) is 0 Å². The molecule has 0 N–H and O–H groups in total. The van der Waals surface area contributed by atoms with Crippen LogP contribution >= 0.6 is 43.2 Å². The van der Waals surface area contributed by atoms with E-state index in [0.717, 1.165) is 0 Å². The Balaban J connectivity index is -0.000000112. The van der Waals surface area contributed by atoms with Crippen LogP contribution in [0, 0.1) is 0 Å². The summed E-state index contributed by atoms with van der Waals surface area (Å²) in [4.78, 5) is 0. The van der Waals surface area contributed by atoms with Gasteiger partial charge < -0.3 is 18.2 Å². The SMILES string of the molecule is O=S(=O)([O-])CCCSSCCCS(=O)(=O)[O-].O=S(=O)([O-])CCCSSCCCS(=O)(=O)[O-].[Na+].[Na+].[Na+].[Na+]. The quantitative estimate of drug-likeness (QED) is 0.0557. The molecule has 0 heterocycles. The second-order valence-corrected chi connectivity index (χ2v) is 17.2. The first-order chi connectivity index (χ1) is 14.4. The molecule has 0 aliphatic rings. The van der Waals surface area contributed by atoms with E-state index in [9.17, 15) is 51.9 Å². The van der Waals surface area contributed by atoms with Crippen molar-refractivity contribution in [1.29, 1.82) is 0 Å². The van der Waals surface area contributed by atoms with Gasteiger partial charge in [0.1, 0.15) is 0 Å². The summed E-state index contributed by atoms with van der Waals surface area (Å²) >= 11 is 0. The zero-order valence-corrected chi connectivity index (χ0v) is 35.2. The summed E-state index contributed by atoms with van der Waals surface area (Å²) < 4.78 is 122. The van der Waals surface area contributed by atoms with Crippen molar-refractivity contribution in [3.05, 3.63) is 0 Å². The van der Waals surface area contributed by atoms with Crippen LogP contribution in [-0.4, -0.2) is 97.9 Å². The maximum Gasteiger partial charge on any atom is 1.00 e. The van der Waals surface area contributed by atoms with Crippen LogP contribution < -0.4 is 118 Å². The molecular weight excluding hydrogens is 685 g/mol. The van der Waals surface area contributed by atoms with E-state index in [2.05, 4.69) is 0 Å². The van der Waals surface area contributed by atoms with E-state index in [1.807, 2.05) is 0 Å². The monoisotopic (exact) mass is 708 g/mol. The second kappa shape index (κ2) is 30.1. The molecule has 196 valence electrons. The van der Waals surface area contributed by atoms with Crippen LogP contribution in [0.1, 0.15) is 25.7 Å².